The van der Waals surface area contributed by atoms with Crippen molar-refractivity contribution in [2.75, 3.05) is 32.7 Å². The maximum Gasteiger partial charge on any atom is 0.284 e. The van der Waals surface area contributed by atoms with Gasteiger partial charge in [-0.25, -0.2) is 9.97 Å². The average molecular weight is 412 g/mol. The number of aryl methyl sites for hydroxylation is 1. The summed E-state index contributed by atoms with van der Waals surface area (Å²) in [4.78, 5) is 36.2. The van der Waals surface area contributed by atoms with Crippen molar-refractivity contribution in [3.05, 3.63) is 46.8 Å². The number of hydrogen-bond donors (Lipinski definition) is 1. The fraction of sp³-hybridized carbons (Fsp3) is 0.368. The van der Waals surface area contributed by atoms with Crippen LogP contribution >= 0.6 is 0 Å². The first-order chi connectivity index (χ1) is 14.3. The molecule has 158 valence electrons. The summed E-state index contributed by atoms with van der Waals surface area (Å²) in [5.41, 5.74) is 0.780. The minimum Gasteiger partial charge on any atom is -0.383 e. The highest BCUT2D eigenvalue weighted by atomic mass is 16.5. The number of carbonyl (C=O) groups is 1. The van der Waals surface area contributed by atoms with E-state index in [1.54, 1.807) is 49.3 Å². The molecule has 0 saturated heterocycles. The molecule has 3 heterocycles. The third-order valence-electron chi connectivity index (χ3n) is 4.22. The van der Waals surface area contributed by atoms with Crippen molar-refractivity contribution in [3.63, 3.8) is 0 Å². The molecule has 3 rings (SSSR count). The Labute approximate surface area is 173 Å². The second-order valence-electron chi connectivity index (χ2n) is 7.03. The van der Waals surface area contributed by atoms with Gasteiger partial charge in [0.2, 0.25) is 5.95 Å². The zero-order valence-electron chi connectivity index (χ0n) is 17.5. The van der Waals surface area contributed by atoms with E-state index in [0.717, 1.165) is 4.68 Å². The number of nitrogens with one attached hydrogen (secondary N) is 1. The minimum absolute atomic E-state index is 0.0523. The van der Waals surface area contributed by atoms with Crippen LogP contribution in [0.1, 0.15) is 17.3 Å². The Kier molecular flexibility index (Phi) is 6.21. The molecular weight excluding hydrogens is 388 g/mol. The van der Waals surface area contributed by atoms with Gasteiger partial charge in [-0.3, -0.25) is 14.3 Å². The maximum atomic E-state index is 13.0. The molecule has 1 atom stereocenters. The summed E-state index contributed by atoms with van der Waals surface area (Å²) in [5.74, 6) is 0.0161. The first-order valence-electron chi connectivity index (χ1n) is 9.23. The van der Waals surface area contributed by atoms with Crippen LogP contribution in [0.4, 0.5) is 5.95 Å². The normalized spacial score (nSPS) is 11.9. The first-order valence-corrected chi connectivity index (χ1v) is 9.23. The van der Waals surface area contributed by atoms with Gasteiger partial charge in [0.1, 0.15) is 11.3 Å². The molecule has 3 aromatic rings. The van der Waals surface area contributed by atoms with E-state index in [1.165, 1.54) is 12.3 Å². The molecule has 0 spiro atoms. The Balaban J connectivity index is 2.10. The van der Waals surface area contributed by atoms with Gasteiger partial charge >= 0.3 is 0 Å². The van der Waals surface area contributed by atoms with Crippen LogP contribution in [0.2, 0.25) is 0 Å². The molecule has 1 N–H and O–H groups in total. The maximum absolute atomic E-state index is 13.0. The molecule has 0 aliphatic carbocycles. The first kappa shape index (κ1) is 21.1. The van der Waals surface area contributed by atoms with E-state index in [9.17, 15) is 9.59 Å². The highest BCUT2D eigenvalue weighted by Gasteiger charge is 2.20. The number of methoxy groups -OCH3 is 1. The van der Waals surface area contributed by atoms with Gasteiger partial charge in [-0.1, -0.05) is 0 Å². The Morgan fingerprint density at radius 2 is 1.97 bits per heavy atom. The van der Waals surface area contributed by atoms with Crippen molar-refractivity contribution < 1.29 is 9.53 Å². The summed E-state index contributed by atoms with van der Waals surface area (Å²) in [6.45, 7) is 2.11. The van der Waals surface area contributed by atoms with E-state index in [1.807, 2.05) is 14.1 Å². The third-order valence-corrected chi connectivity index (χ3v) is 4.22. The minimum atomic E-state index is -0.556. The second kappa shape index (κ2) is 8.82. The van der Waals surface area contributed by atoms with Crippen LogP contribution in [0.5, 0.6) is 0 Å². The second-order valence-corrected chi connectivity index (χ2v) is 7.03. The van der Waals surface area contributed by atoms with E-state index < -0.39 is 11.5 Å². The molecule has 0 aliphatic rings. The summed E-state index contributed by atoms with van der Waals surface area (Å²) in [6.07, 6.45) is 6.33. The molecular formula is C19H24N8O3. The van der Waals surface area contributed by atoms with Gasteiger partial charge in [0.25, 0.3) is 11.5 Å². The standard InChI is InChI=1S/C19H24N8O3/c1-12(11-30-5)23-17(28)15-6-16(13-7-20-19(21-8-13)25(2)3)24-27(18(15)29)14-9-22-26(4)10-14/h6-10,12H,11H2,1-5H3,(H,23,28)/t12-/m0/s1. The molecule has 11 nitrogen and oxygen atoms in total. The van der Waals surface area contributed by atoms with Gasteiger partial charge in [-0.05, 0) is 13.0 Å². The molecule has 0 fully saturated rings. The number of rotatable bonds is 7. The van der Waals surface area contributed by atoms with Crippen LogP contribution in [0.15, 0.2) is 35.6 Å². The van der Waals surface area contributed by atoms with Gasteiger partial charge in [0.15, 0.2) is 0 Å². The van der Waals surface area contributed by atoms with Crippen molar-refractivity contribution >= 4 is 11.9 Å². The average Bonchev–Trinajstić information content (AvgIpc) is 3.14. The number of amides is 1. The van der Waals surface area contributed by atoms with E-state index in [2.05, 4.69) is 25.5 Å². The van der Waals surface area contributed by atoms with Crippen molar-refractivity contribution in [3.8, 4) is 16.9 Å². The van der Waals surface area contributed by atoms with E-state index in [0.29, 0.717) is 29.5 Å². The molecule has 0 bridgehead atoms. The molecule has 3 aromatic heterocycles. The van der Waals surface area contributed by atoms with E-state index >= 15 is 0 Å². The van der Waals surface area contributed by atoms with Gasteiger partial charge < -0.3 is 15.0 Å². The number of ether oxygens (including phenoxy) is 1. The Bertz CT molecular complexity index is 1090. The molecule has 30 heavy (non-hydrogen) atoms. The highest BCUT2D eigenvalue weighted by Crippen LogP contribution is 2.17. The van der Waals surface area contributed by atoms with Crippen molar-refractivity contribution in [1.82, 2.24) is 34.8 Å². The fourth-order valence-corrected chi connectivity index (χ4v) is 2.77. The predicted molar refractivity (Wildman–Crippen MR) is 111 cm³/mol. The fourth-order valence-electron chi connectivity index (χ4n) is 2.77. The lowest BCUT2D eigenvalue weighted by atomic mass is 10.1. The van der Waals surface area contributed by atoms with E-state index in [-0.39, 0.29) is 11.6 Å². The Morgan fingerprint density at radius 3 is 2.53 bits per heavy atom. The van der Waals surface area contributed by atoms with E-state index in [4.69, 9.17) is 4.74 Å². The highest BCUT2D eigenvalue weighted by molar-refractivity contribution is 5.95. The van der Waals surface area contributed by atoms with Crippen LogP contribution in [-0.2, 0) is 11.8 Å². The lowest BCUT2D eigenvalue weighted by molar-refractivity contribution is 0.0903. The van der Waals surface area contributed by atoms with Gasteiger partial charge in [0.05, 0.1) is 24.7 Å². The van der Waals surface area contributed by atoms with Crippen LogP contribution in [0.25, 0.3) is 16.9 Å². The third kappa shape index (κ3) is 4.51. The number of anilines is 1. The lowest BCUT2D eigenvalue weighted by Gasteiger charge is -2.14. The SMILES string of the molecule is COC[C@H](C)NC(=O)c1cc(-c2cnc(N(C)C)nc2)nn(-c2cnn(C)c2)c1=O. The topological polar surface area (TPSA) is 120 Å². The Hall–Kier alpha value is -3.60. The lowest BCUT2D eigenvalue weighted by Crippen LogP contribution is -2.39. The molecule has 1 amide bonds. The number of carbonyl (C=O) groups excluding carboxylic acids is 1. The number of aromatic nitrogens is 6. The summed E-state index contributed by atoms with van der Waals surface area (Å²) in [7, 11) is 6.94. The van der Waals surface area contributed by atoms with Crippen molar-refractivity contribution in [2.45, 2.75) is 13.0 Å². The molecule has 0 aliphatic heterocycles. The Morgan fingerprint density at radius 1 is 1.27 bits per heavy atom. The quantitative estimate of drug-likeness (QED) is 0.587. The van der Waals surface area contributed by atoms with Crippen molar-refractivity contribution in [1.29, 1.82) is 0 Å². The predicted octanol–water partition coefficient (Wildman–Crippen LogP) is 0.254. The van der Waals surface area contributed by atoms with Gasteiger partial charge in [-0.15, -0.1) is 0 Å². The zero-order chi connectivity index (χ0) is 21.8. The molecule has 11 heteroatoms. The van der Waals surface area contributed by atoms with Crippen LogP contribution in [-0.4, -0.2) is 69.3 Å². The molecule has 0 aromatic carbocycles. The summed E-state index contributed by atoms with van der Waals surface area (Å²) < 4.78 is 7.75. The largest absolute Gasteiger partial charge is 0.383 e. The molecule has 0 radical (unpaired) electrons. The molecule has 0 saturated carbocycles. The van der Waals surface area contributed by atoms with Crippen LogP contribution in [0.3, 0.4) is 0 Å². The number of hydrogen-bond acceptors (Lipinski definition) is 8. The van der Waals surface area contributed by atoms with Crippen LogP contribution in [0, 0.1) is 0 Å². The summed E-state index contributed by atoms with van der Waals surface area (Å²) in [5, 5.41) is 11.3. The zero-order valence-corrected chi connectivity index (χ0v) is 17.5. The van der Waals surface area contributed by atoms with Gasteiger partial charge in [-0.2, -0.15) is 14.9 Å². The monoisotopic (exact) mass is 412 g/mol. The van der Waals surface area contributed by atoms with Crippen LogP contribution < -0.4 is 15.8 Å². The van der Waals surface area contributed by atoms with Crippen molar-refractivity contribution in [2.24, 2.45) is 7.05 Å². The molecule has 0 unspecified atom stereocenters. The smallest absolute Gasteiger partial charge is 0.284 e. The summed E-state index contributed by atoms with van der Waals surface area (Å²) >= 11 is 0. The van der Waals surface area contributed by atoms with Gasteiger partial charge in [0, 0.05) is 52.3 Å². The number of nitrogens with zero attached hydrogens (tertiary/aromatic N) is 7. The summed E-state index contributed by atoms with van der Waals surface area (Å²) in [6, 6.07) is 1.17.